The molecule has 3 aromatic rings. The number of fused-ring (bicyclic) bond motifs is 1. The molecule has 0 radical (unpaired) electrons. The Kier molecular flexibility index (Phi) is 4.10. The normalized spacial score (nSPS) is 12.9. The average molecular weight is 305 g/mol. The van der Waals surface area contributed by atoms with Gasteiger partial charge in [-0.2, -0.15) is 0 Å². The van der Waals surface area contributed by atoms with E-state index in [9.17, 15) is 0 Å². The van der Waals surface area contributed by atoms with E-state index in [0.29, 0.717) is 6.04 Å². The predicted molar refractivity (Wildman–Crippen MR) is 87.7 cm³/mol. The molecule has 104 valence electrons. The van der Waals surface area contributed by atoms with Crippen molar-refractivity contribution in [1.82, 2.24) is 9.88 Å². The quantitative estimate of drug-likeness (QED) is 0.722. The molecule has 1 atom stereocenters. The number of thiophene rings is 1. The van der Waals surface area contributed by atoms with Crippen molar-refractivity contribution in [3.05, 3.63) is 57.9 Å². The van der Waals surface area contributed by atoms with Crippen molar-refractivity contribution in [2.75, 3.05) is 6.54 Å². The minimum Gasteiger partial charge on any atom is -0.345 e. The Labute approximate surface area is 128 Å². The van der Waals surface area contributed by atoms with E-state index in [0.717, 1.165) is 23.6 Å². The molecule has 0 saturated heterocycles. The number of hydrogen-bond donors (Lipinski definition) is 1. The van der Waals surface area contributed by atoms with Gasteiger partial charge in [0.15, 0.2) is 0 Å². The molecule has 2 heterocycles. The van der Waals surface area contributed by atoms with Gasteiger partial charge in [0.1, 0.15) is 0 Å². The molecule has 1 unspecified atom stereocenters. The summed E-state index contributed by atoms with van der Waals surface area (Å²) >= 11 is 8.08. The first-order chi connectivity index (χ1) is 9.75. The van der Waals surface area contributed by atoms with Gasteiger partial charge in [-0.25, -0.2) is 0 Å². The standard InChI is InChI=1S/C16H17ClN2S/c1-12(15-6-3-11-20-15)18-8-10-19-9-7-13-4-2-5-14(17)16(13)19/h2-7,9,11-12,18H,8,10H2,1H3. The van der Waals surface area contributed by atoms with Crippen LogP contribution in [-0.2, 0) is 6.54 Å². The SMILES string of the molecule is CC(NCCn1ccc2cccc(Cl)c21)c1cccs1. The van der Waals surface area contributed by atoms with Crippen LogP contribution in [0.3, 0.4) is 0 Å². The lowest BCUT2D eigenvalue weighted by molar-refractivity contribution is 0.543. The van der Waals surface area contributed by atoms with Crippen LogP contribution in [0.25, 0.3) is 10.9 Å². The summed E-state index contributed by atoms with van der Waals surface area (Å²) in [6.07, 6.45) is 2.11. The van der Waals surface area contributed by atoms with E-state index in [2.05, 4.69) is 52.7 Å². The highest BCUT2D eigenvalue weighted by molar-refractivity contribution is 7.10. The number of hydrogen-bond acceptors (Lipinski definition) is 2. The molecule has 1 N–H and O–H groups in total. The van der Waals surface area contributed by atoms with Crippen LogP contribution >= 0.6 is 22.9 Å². The third kappa shape index (κ3) is 2.75. The molecular formula is C16H17ClN2S. The smallest absolute Gasteiger partial charge is 0.0670 e. The van der Waals surface area contributed by atoms with E-state index in [4.69, 9.17) is 11.6 Å². The molecule has 0 spiro atoms. The largest absolute Gasteiger partial charge is 0.345 e. The van der Waals surface area contributed by atoms with Crippen LogP contribution in [0.5, 0.6) is 0 Å². The van der Waals surface area contributed by atoms with Gasteiger partial charge < -0.3 is 9.88 Å². The van der Waals surface area contributed by atoms with Gasteiger partial charge in [-0.05, 0) is 30.5 Å². The Morgan fingerprint density at radius 3 is 2.95 bits per heavy atom. The van der Waals surface area contributed by atoms with Gasteiger partial charge in [0, 0.05) is 35.6 Å². The average Bonchev–Trinajstić information content (AvgIpc) is 3.08. The van der Waals surface area contributed by atoms with E-state index in [1.807, 2.05) is 12.1 Å². The summed E-state index contributed by atoms with van der Waals surface area (Å²) in [6.45, 7) is 4.05. The van der Waals surface area contributed by atoms with Gasteiger partial charge in [-0.15, -0.1) is 11.3 Å². The Morgan fingerprint density at radius 2 is 2.15 bits per heavy atom. The minimum absolute atomic E-state index is 0.396. The maximum atomic E-state index is 6.29. The number of rotatable bonds is 5. The zero-order valence-electron chi connectivity index (χ0n) is 11.3. The lowest BCUT2D eigenvalue weighted by Gasteiger charge is -2.13. The number of nitrogens with zero attached hydrogens (tertiary/aromatic N) is 1. The van der Waals surface area contributed by atoms with E-state index in [-0.39, 0.29) is 0 Å². The van der Waals surface area contributed by atoms with Crippen LogP contribution in [0.2, 0.25) is 5.02 Å². The number of para-hydroxylation sites is 1. The molecular weight excluding hydrogens is 288 g/mol. The van der Waals surface area contributed by atoms with Gasteiger partial charge in [-0.1, -0.05) is 29.8 Å². The monoisotopic (exact) mass is 304 g/mol. The highest BCUT2D eigenvalue weighted by Crippen LogP contribution is 2.24. The first-order valence-electron chi connectivity index (χ1n) is 6.76. The van der Waals surface area contributed by atoms with Crippen molar-refractivity contribution >= 4 is 33.8 Å². The fourth-order valence-electron chi connectivity index (χ4n) is 2.44. The van der Waals surface area contributed by atoms with Crippen molar-refractivity contribution in [1.29, 1.82) is 0 Å². The Balaban J connectivity index is 1.66. The maximum absolute atomic E-state index is 6.29. The zero-order chi connectivity index (χ0) is 13.9. The summed E-state index contributed by atoms with van der Waals surface area (Å²) < 4.78 is 2.21. The zero-order valence-corrected chi connectivity index (χ0v) is 12.9. The van der Waals surface area contributed by atoms with Crippen LogP contribution in [0.1, 0.15) is 17.8 Å². The van der Waals surface area contributed by atoms with Crippen molar-refractivity contribution < 1.29 is 0 Å². The van der Waals surface area contributed by atoms with E-state index in [1.54, 1.807) is 11.3 Å². The van der Waals surface area contributed by atoms with E-state index in [1.165, 1.54) is 10.3 Å². The van der Waals surface area contributed by atoms with Gasteiger partial charge in [0.2, 0.25) is 0 Å². The second-order valence-corrected chi connectivity index (χ2v) is 6.26. The summed E-state index contributed by atoms with van der Waals surface area (Å²) in [7, 11) is 0. The summed E-state index contributed by atoms with van der Waals surface area (Å²) in [5.74, 6) is 0. The number of benzene rings is 1. The van der Waals surface area contributed by atoms with Gasteiger partial charge in [-0.3, -0.25) is 0 Å². The highest BCUT2D eigenvalue weighted by atomic mass is 35.5. The van der Waals surface area contributed by atoms with Gasteiger partial charge in [0.05, 0.1) is 10.5 Å². The predicted octanol–water partition coefficient (Wildman–Crippen LogP) is 4.71. The molecule has 0 aliphatic carbocycles. The van der Waals surface area contributed by atoms with E-state index < -0.39 is 0 Å². The van der Waals surface area contributed by atoms with Gasteiger partial charge >= 0.3 is 0 Å². The summed E-state index contributed by atoms with van der Waals surface area (Å²) in [5.41, 5.74) is 1.12. The third-order valence-corrected chi connectivity index (χ3v) is 4.87. The minimum atomic E-state index is 0.396. The van der Waals surface area contributed by atoms with Crippen LogP contribution < -0.4 is 5.32 Å². The van der Waals surface area contributed by atoms with Crippen molar-refractivity contribution in [3.8, 4) is 0 Å². The van der Waals surface area contributed by atoms with Crippen molar-refractivity contribution in [2.24, 2.45) is 0 Å². The molecule has 2 nitrogen and oxygen atoms in total. The van der Waals surface area contributed by atoms with Crippen molar-refractivity contribution in [3.63, 3.8) is 0 Å². The number of halogens is 1. The molecule has 0 aliphatic rings. The Hall–Kier alpha value is -1.29. The van der Waals surface area contributed by atoms with E-state index >= 15 is 0 Å². The Morgan fingerprint density at radius 1 is 1.25 bits per heavy atom. The lowest BCUT2D eigenvalue weighted by Crippen LogP contribution is -2.22. The molecule has 0 amide bonds. The molecule has 2 aromatic heterocycles. The molecule has 4 heteroatoms. The first-order valence-corrected chi connectivity index (χ1v) is 8.01. The molecule has 1 aromatic carbocycles. The maximum Gasteiger partial charge on any atom is 0.0670 e. The molecule has 0 fully saturated rings. The first kappa shape index (κ1) is 13.7. The lowest BCUT2D eigenvalue weighted by atomic mass is 10.2. The topological polar surface area (TPSA) is 17.0 Å². The number of nitrogens with one attached hydrogen (secondary N) is 1. The molecule has 20 heavy (non-hydrogen) atoms. The second-order valence-electron chi connectivity index (χ2n) is 4.88. The third-order valence-electron chi connectivity index (χ3n) is 3.51. The van der Waals surface area contributed by atoms with Gasteiger partial charge in [0.25, 0.3) is 0 Å². The summed E-state index contributed by atoms with van der Waals surface area (Å²) in [6, 6.07) is 12.8. The highest BCUT2D eigenvalue weighted by Gasteiger charge is 2.07. The van der Waals surface area contributed by atoms with Crippen LogP contribution in [0, 0.1) is 0 Å². The molecule has 0 aliphatic heterocycles. The fraction of sp³-hybridized carbons (Fsp3) is 0.250. The van der Waals surface area contributed by atoms with Crippen molar-refractivity contribution in [2.45, 2.75) is 19.5 Å². The molecule has 3 rings (SSSR count). The fourth-order valence-corrected chi connectivity index (χ4v) is 3.49. The van der Waals surface area contributed by atoms with Crippen LogP contribution in [-0.4, -0.2) is 11.1 Å². The van der Waals surface area contributed by atoms with Crippen LogP contribution in [0.15, 0.2) is 48.0 Å². The molecule has 0 bridgehead atoms. The second kappa shape index (κ2) is 6.00. The summed E-state index contributed by atoms with van der Waals surface area (Å²) in [4.78, 5) is 1.38. The Bertz CT molecular complexity index is 688. The van der Waals surface area contributed by atoms with Crippen LogP contribution in [0.4, 0.5) is 0 Å². The molecule has 0 saturated carbocycles. The summed E-state index contributed by atoms with van der Waals surface area (Å²) in [5, 5.41) is 7.69. The number of aromatic nitrogens is 1.